The van der Waals surface area contributed by atoms with Crippen LogP contribution in [-0.2, 0) is 20.4 Å². The number of nitrogens with two attached hydrogens (primary N) is 1. The molecule has 0 aromatic carbocycles. The van der Waals surface area contributed by atoms with Crippen molar-refractivity contribution in [1.82, 2.24) is 29.5 Å². The number of nitrogen functional groups attached to an aromatic ring is 1. The molecule has 0 unspecified atom stereocenters. The van der Waals surface area contributed by atoms with Gasteiger partial charge in [-0.25, -0.2) is 23.4 Å². The zero-order chi connectivity index (χ0) is 31.3. The normalized spacial score (nSPS) is 21.3. The number of hydrogen-bond acceptors (Lipinski definition) is 10. The smallest absolute Gasteiger partial charge is 0.384 e. The maximum atomic E-state index is 13.4. The van der Waals surface area contributed by atoms with E-state index in [4.69, 9.17) is 5.73 Å². The Morgan fingerprint density at radius 2 is 1.64 bits per heavy atom. The summed E-state index contributed by atoms with van der Waals surface area (Å²) in [5, 5.41) is 12.4. The Labute approximate surface area is 236 Å². The molecule has 0 saturated carbocycles. The molecule has 42 heavy (non-hydrogen) atoms. The summed E-state index contributed by atoms with van der Waals surface area (Å²) in [5.41, 5.74) is -2.30. The molecule has 2 saturated heterocycles. The standard InChI is InChI=1S/C23H28F6N8O4S/c1-20(2)18(38)31-5-6-35(20)12-15-13-36(42(40,41)16-3-4-17(30)32-11-16)7-8-37(15)19-33-9-14(10-34-19)21(39,22(24,25)26)23(27,28)29/h3-4,9-11,15,39H,5-8,12-13H2,1-2H3,(H2,30,32)(H,31,38)/t15-/m0/s1. The van der Waals surface area contributed by atoms with Crippen LogP contribution in [0.2, 0.25) is 0 Å². The van der Waals surface area contributed by atoms with Crippen molar-refractivity contribution in [3.05, 3.63) is 36.3 Å². The van der Waals surface area contributed by atoms with E-state index in [9.17, 15) is 44.7 Å². The first-order chi connectivity index (χ1) is 19.3. The van der Waals surface area contributed by atoms with E-state index in [0.29, 0.717) is 13.1 Å². The summed E-state index contributed by atoms with van der Waals surface area (Å²) < 4.78 is 108. The summed E-state index contributed by atoms with van der Waals surface area (Å²) in [5.74, 6) is -0.473. The fourth-order valence-electron chi connectivity index (χ4n) is 4.82. The van der Waals surface area contributed by atoms with Crippen LogP contribution in [0, 0.1) is 0 Å². The molecule has 0 bridgehead atoms. The lowest BCUT2D eigenvalue weighted by molar-refractivity contribution is -0.376. The minimum Gasteiger partial charge on any atom is -0.384 e. The van der Waals surface area contributed by atoms with Crippen LogP contribution in [0.3, 0.4) is 0 Å². The zero-order valence-electron chi connectivity index (χ0n) is 22.3. The predicted octanol–water partition coefficient (Wildman–Crippen LogP) is 0.856. The van der Waals surface area contributed by atoms with E-state index in [2.05, 4.69) is 20.3 Å². The summed E-state index contributed by atoms with van der Waals surface area (Å²) in [6.07, 6.45) is -10.7. The first-order valence-electron chi connectivity index (χ1n) is 12.5. The number of amides is 1. The van der Waals surface area contributed by atoms with Gasteiger partial charge in [-0.2, -0.15) is 30.6 Å². The van der Waals surface area contributed by atoms with Crippen LogP contribution in [0.25, 0.3) is 0 Å². The average molecular weight is 627 g/mol. The van der Waals surface area contributed by atoms with E-state index in [-0.39, 0.29) is 61.1 Å². The summed E-state index contributed by atoms with van der Waals surface area (Å²) in [6.45, 7) is 3.61. The Bertz CT molecular complexity index is 1390. The van der Waals surface area contributed by atoms with Crippen molar-refractivity contribution in [3.63, 3.8) is 0 Å². The molecule has 4 heterocycles. The van der Waals surface area contributed by atoms with Crippen molar-refractivity contribution in [2.75, 3.05) is 49.9 Å². The van der Waals surface area contributed by atoms with Gasteiger partial charge in [-0.05, 0) is 26.0 Å². The lowest BCUT2D eigenvalue weighted by atomic mass is 9.95. The molecule has 12 nitrogen and oxygen atoms in total. The average Bonchev–Trinajstić information content (AvgIpc) is 2.90. The number of nitrogens with one attached hydrogen (secondary N) is 1. The number of piperazine rings is 2. The predicted molar refractivity (Wildman–Crippen MR) is 135 cm³/mol. The van der Waals surface area contributed by atoms with E-state index in [1.807, 2.05) is 0 Å². The quantitative estimate of drug-likeness (QED) is 0.393. The highest BCUT2D eigenvalue weighted by Crippen LogP contribution is 2.49. The number of sulfonamides is 1. The Morgan fingerprint density at radius 1 is 1.02 bits per heavy atom. The van der Waals surface area contributed by atoms with Crippen molar-refractivity contribution >= 4 is 27.7 Å². The Balaban J connectivity index is 1.69. The lowest BCUT2D eigenvalue weighted by Gasteiger charge is -2.47. The second kappa shape index (κ2) is 10.8. The topological polar surface area (TPSA) is 158 Å². The third kappa shape index (κ3) is 5.57. The molecule has 0 aliphatic carbocycles. The number of aromatic nitrogens is 3. The second-order valence-corrected chi connectivity index (χ2v) is 12.3. The molecule has 0 radical (unpaired) electrons. The number of alkyl halides is 6. The molecule has 2 aromatic heterocycles. The molecule has 2 aliphatic heterocycles. The Kier molecular flexibility index (Phi) is 8.11. The Hall–Kier alpha value is -3.29. The van der Waals surface area contributed by atoms with Crippen LogP contribution in [0.15, 0.2) is 35.6 Å². The zero-order valence-corrected chi connectivity index (χ0v) is 23.1. The van der Waals surface area contributed by atoms with Gasteiger partial charge in [0.05, 0.1) is 11.6 Å². The number of hydrogen-bond donors (Lipinski definition) is 3. The molecule has 19 heteroatoms. The fourth-order valence-corrected chi connectivity index (χ4v) is 6.23. The van der Waals surface area contributed by atoms with Crippen molar-refractivity contribution in [3.8, 4) is 0 Å². The van der Waals surface area contributed by atoms with Gasteiger partial charge in [0.15, 0.2) is 0 Å². The molecule has 1 amide bonds. The molecule has 2 aliphatic rings. The van der Waals surface area contributed by atoms with Gasteiger partial charge >= 0.3 is 12.4 Å². The lowest BCUT2D eigenvalue weighted by Crippen LogP contribution is -2.66. The van der Waals surface area contributed by atoms with Gasteiger partial charge in [0.1, 0.15) is 10.7 Å². The van der Waals surface area contributed by atoms with E-state index in [1.165, 1.54) is 17.0 Å². The monoisotopic (exact) mass is 626 g/mol. The van der Waals surface area contributed by atoms with E-state index < -0.39 is 45.1 Å². The van der Waals surface area contributed by atoms with E-state index in [1.54, 1.807) is 18.7 Å². The minimum atomic E-state index is -6.12. The van der Waals surface area contributed by atoms with Crippen molar-refractivity contribution in [1.29, 1.82) is 0 Å². The molecule has 2 aromatic rings. The van der Waals surface area contributed by atoms with Crippen LogP contribution in [-0.4, -0.2) is 107 Å². The molecular weight excluding hydrogens is 598 g/mol. The van der Waals surface area contributed by atoms with Gasteiger partial charge in [0.25, 0.3) is 5.60 Å². The summed E-state index contributed by atoms with van der Waals surface area (Å²) in [4.78, 5) is 26.8. The van der Waals surface area contributed by atoms with Crippen molar-refractivity contribution < 1.29 is 44.7 Å². The first-order valence-corrected chi connectivity index (χ1v) is 13.9. The van der Waals surface area contributed by atoms with Gasteiger partial charge in [-0.1, -0.05) is 0 Å². The SMILES string of the molecule is CC1(C)C(=O)NCCN1C[C@H]1CN(S(=O)(=O)c2ccc(N)nc2)CCN1c1ncc(C(O)(C(F)(F)F)C(F)(F)F)cn1. The molecule has 0 spiro atoms. The number of anilines is 2. The third-order valence-electron chi connectivity index (χ3n) is 7.42. The van der Waals surface area contributed by atoms with Crippen molar-refractivity contribution in [2.45, 2.75) is 48.3 Å². The van der Waals surface area contributed by atoms with Gasteiger partial charge in [0.2, 0.25) is 21.9 Å². The van der Waals surface area contributed by atoms with Gasteiger partial charge in [-0.3, -0.25) is 9.69 Å². The molecule has 232 valence electrons. The number of carbonyl (C=O) groups is 1. The highest BCUT2D eigenvalue weighted by molar-refractivity contribution is 7.89. The molecule has 4 N–H and O–H groups in total. The van der Waals surface area contributed by atoms with Crippen molar-refractivity contribution in [2.24, 2.45) is 0 Å². The first kappa shape index (κ1) is 31.6. The largest absolute Gasteiger partial charge is 0.430 e. The summed E-state index contributed by atoms with van der Waals surface area (Å²) >= 11 is 0. The molecule has 4 rings (SSSR count). The minimum absolute atomic E-state index is 0.0621. The third-order valence-corrected chi connectivity index (χ3v) is 9.27. The van der Waals surface area contributed by atoms with Crippen LogP contribution >= 0.6 is 0 Å². The van der Waals surface area contributed by atoms with Crippen LogP contribution in [0.5, 0.6) is 0 Å². The number of carbonyl (C=O) groups excluding carboxylic acids is 1. The van der Waals surface area contributed by atoms with E-state index >= 15 is 0 Å². The fraction of sp³-hybridized carbons (Fsp3) is 0.565. The maximum absolute atomic E-state index is 13.4. The number of halogens is 6. The summed E-state index contributed by atoms with van der Waals surface area (Å²) in [7, 11) is -4.09. The van der Waals surface area contributed by atoms with Gasteiger partial charge in [-0.15, -0.1) is 0 Å². The molecule has 1 atom stereocenters. The molecule has 2 fully saturated rings. The molecular formula is C23H28F6N8O4S. The van der Waals surface area contributed by atoms with Crippen LogP contribution in [0.1, 0.15) is 19.4 Å². The Morgan fingerprint density at radius 3 is 2.19 bits per heavy atom. The number of aliphatic hydroxyl groups is 1. The summed E-state index contributed by atoms with van der Waals surface area (Å²) in [6, 6.07) is 1.80. The highest BCUT2D eigenvalue weighted by atomic mass is 32.2. The second-order valence-electron chi connectivity index (χ2n) is 10.4. The number of pyridine rings is 1. The van der Waals surface area contributed by atoms with Crippen LogP contribution < -0.4 is 16.0 Å². The van der Waals surface area contributed by atoms with Gasteiger partial charge < -0.3 is 21.1 Å². The highest BCUT2D eigenvalue weighted by Gasteiger charge is 2.71. The number of rotatable bonds is 6. The van der Waals surface area contributed by atoms with Gasteiger partial charge in [0, 0.05) is 63.4 Å². The van der Waals surface area contributed by atoms with E-state index in [0.717, 1.165) is 10.5 Å². The van der Waals surface area contributed by atoms with Crippen LogP contribution in [0.4, 0.5) is 38.1 Å². The number of nitrogens with zero attached hydrogens (tertiary/aromatic N) is 6. The maximum Gasteiger partial charge on any atom is 0.430 e.